The van der Waals surface area contributed by atoms with Gasteiger partial charge in [0.15, 0.2) is 6.10 Å². The Morgan fingerprint density at radius 2 is 0.534 bits per heavy atom. The second-order valence-corrected chi connectivity index (χ2v) is 20.6. The zero-order chi connectivity index (χ0) is 52.9. The van der Waals surface area contributed by atoms with Gasteiger partial charge in [0, 0.05) is 19.3 Å². The van der Waals surface area contributed by atoms with Gasteiger partial charge in [0.1, 0.15) is 13.2 Å². The minimum atomic E-state index is -0.792. The van der Waals surface area contributed by atoms with Crippen molar-refractivity contribution in [2.45, 2.75) is 309 Å². The van der Waals surface area contributed by atoms with Crippen molar-refractivity contribution < 1.29 is 28.6 Å². The van der Waals surface area contributed by atoms with Gasteiger partial charge in [0.05, 0.1) is 0 Å². The summed E-state index contributed by atoms with van der Waals surface area (Å²) in [7, 11) is 0. The van der Waals surface area contributed by atoms with Crippen molar-refractivity contribution in [1.82, 2.24) is 0 Å². The molecular formula is C67H116O6. The average molecular weight is 1020 g/mol. The molecule has 0 saturated heterocycles. The quantitative estimate of drug-likeness (QED) is 0.0261. The highest BCUT2D eigenvalue weighted by molar-refractivity contribution is 5.71. The molecule has 0 N–H and O–H groups in total. The van der Waals surface area contributed by atoms with Crippen LogP contribution in [-0.2, 0) is 28.6 Å². The molecule has 0 rings (SSSR count). The lowest BCUT2D eigenvalue weighted by Crippen LogP contribution is -2.30. The summed E-state index contributed by atoms with van der Waals surface area (Å²) in [5.74, 6) is -0.910. The van der Waals surface area contributed by atoms with E-state index in [0.717, 1.165) is 109 Å². The number of hydrogen-bond acceptors (Lipinski definition) is 6. The largest absolute Gasteiger partial charge is 0.462 e. The van der Waals surface area contributed by atoms with E-state index in [9.17, 15) is 14.4 Å². The van der Waals surface area contributed by atoms with Crippen molar-refractivity contribution in [2.24, 2.45) is 0 Å². The highest BCUT2D eigenvalue weighted by atomic mass is 16.6. The maximum Gasteiger partial charge on any atom is 0.306 e. The fourth-order valence-electron chi connectivity index (χ4n) is 8.69. The maximum atomic E-state index is 12.9. The number of ether oxygens (including phenoxy) is 3. The summed E-state index contributed by atoms with van der Waals surface area (Å²) in [6.07, 6.45) is 80.0. The van der Waals surface area contributed by atoms with Crippen LogP contribution in [0.5, 0.6) is 0 Å². The Balaban J connectivity index is 4.41. The van der Waals surface area contributed by atoms with Crippen LogP contribution in [0.3, 0.4) is 0 Å². The van der Waals surface area contributed by atoms with Crippen molar-refractivity contribution in [2.75, 3.05) is 13.2 Å². The summed E-state index contributed by atoms with van der Waals surface area (Å²) in [6.45, 7) is 6.50. The first-order valence-corrected chi connectivity index (χ1v) is 31.1. The van der Waals surface area contributed by atoms with Crippen LogP contribution >= 0.6 is 0 Å². The van der Waals surface area contributed by atoms with E-state index in [-0.39, 0.29) is 31.1 Å². The molecule has 0 aromatic rings. The molecule has 0 aromatic carbocycles. The standard InChI is InChI=1S/C67H116O6/c1-4-7-10-13-16-19-22-25-28-31-32-33-34-37-40-43-46-49-52-55-58-61-67(70)73-64(62-71-65(68)59-56-53-50-47-44-41-38-35-29-26-23-20-17-14-11-8-5-2)63-72-66(69)60-57-54-51-48-45-42-39-36-30-27-24-21-18-15-12-9-6-3/h8,11,17-18,20-21,25-30,38,41,64H,4-7,9-10,12-16,19,22-24,31-37,39-40,42-63H2,1-3H3/b11-8-,20-17-,21-18-,28-25-,29-26-,30-27-,41-38-/t64-/m1/s1. The molecule has 0 saturated carbocycles. The molecule has 0 aliphatic rings. The van der Waals surface area contributed by atoms with Crippen LogP contribution in [0.1, 0.15) is 303 Å². The summed E-state index contributed by atoms with van der Waals surface area (Å²) in [5.41, 5.74) is 0. The number of allylic oxidation sites excluding steroid dienone is 14. The number of rotatable bonds is 56. The lowest BCUT2D eigenvalue weighted by Gasteiger charge is -2.18. The van der Waals surface area contributed by atoms with Gasteiger partial charge in [0.25, 0.3) is 0 Å². The molecule has 73 heavy (non-hydrogen) atoms. The van der Waals surface area contributed by atoms with Gasteiger partial charge >= 0.3 is 17.9 Å². The Morgan fingerprint density at radius 3 is 0.877 bits per heavy atom. The second-order valence-electron chi connectivity index (χ2n) is 20.6. The number of hydrogen-bond donors (Lipinski definition) is 0. The highest BCUT2D eigenvalue weighted by Crippen LogP contribution is 2.16. The van der Waals surface area contributed by atoms with Gasteiger partial charge in [-0.2, -0.15) is 0 Å². The smallest absolute Gasteiger partial charge is 0.306 e. The van der Waals surface area contributed by atoms with Crippen molar-refractivity contribution >= 4 is 17.9 Å². The van der Waals surface area contributed by atoms with E-state index in [1.165, 1.54) is 154 Å². The van der Waals surface area contributed by atoms with Gasteiger partial charge in [-0.25, -0.2) is 0 Å². The minimum absolute atomic E-state index is 0.0881. The SMILES string of the molecule is CC/C=C\C/C=C\C/C=C\C/C=C\CCCCCCC(=O)OC[C@H](COC(=O)CCCCCCCCC/C=C\C/C=C\CCCCC)OC(=O)CCCCCCCCCCCCC/C=C\CCCCCCCC. The summed E-state index contributed by atoms with van der Waals surface area (Å²) in [6, 6.07) is 0. The summed E-state index contributed by atoms with van der Waals surface area (Å²) in [5, 5.41) is 0. The molecule has 0 heterocycles. The molecule has 6 nitrogen and oxygen atoms in total. The maximum absolute atomic E-state index is 12.9. The Bertz CT molecular complexity index is 1400. The van der Waals surface area contributed by atoms with E-state index in [1.807, 2.05) is 0 Å². The lowest BCUT2D eigenvalue weighted by atomic mass is 10.0. The van der Waals surface area contributed by atoms with Gasteiger partial charge in [-0.1, -0.05) is 254 Å². The van der Waals surface area contributed by atoms with Crippen LogP contribution in [0.25, 0.3) is 0 Å². The summed E-state index contributed by atoms with van der Waals surface area (Å²) in [4.78, 5) is 38.3. The van der Waals surface area contributed by atoms with Crippen molar-refractivity contribution in [3.05, 3.63) is 85.1 Å². The Hall–Kier alpha value is -3.41. The third kappa shape index (κ3) is 59.3. The van der Waals surface area contributed by atoms with E-state index in [1.54, 1.807) is 0 Å². The first-order chi connectivity index (χ1) is 36.0. The first-order valence-electron chi connectivity index (χ1n) is 31.1. The van der Waals surface area contributed by atoms with Gasteiger partial charge in [0.2, 0.25) is 0 Å². The molecule has 0 aliphatic carbocycles. The second kappa shape index (κ2) is 61.1. The molecule has 0 aliphatic heterocycles. The van der Waals surface area contributed by atoms with Gasteiger partial charge in [-0.15, -0.1) is 0 Å². The predicted molar refractivity (Wildman–Crippen MR) is 316 cm³/mol. The molecule has 0 bridgehead atoms. The molecule has 0 spiro atoms. The summed E-state index contributed by atoms with van der Waals surface area (Å²) < 4.78 is 16.9. The molecule has 0 fully saturated rings. The van der Waals surface area contributed by atoms with Crippen molar-refractivity contribution in [3.8, 4) is 0 Å². The number of esters is 3. The molecule has 0 aromatic heterocycles. The van der Waals surface area contributed by atoms with E-state index >= 15 is 0 Å². The molecule has 0 amide bonds. The van der Waals surface area contributed by atoms with E-state index < -0.39 is 6.10 Å². The Kier molecular flexibility index (Phi) is 58.3. The Labute approximate surface area is 452 Å². The zero-order valence-electron chi connectivity index (χ0n) is 48.1. The number of unbranched alkanes of at least 4 members (excludes halogenated alkanes) is 31. The van der Waals surface area contributed by atoms with Crippen LogP contribution in [-0.4, -0.2) is 37.2 Å². The van der Waals surface area contributed by atoms with Gasteiger partial charge < -0.3 is 14.2 Å². The lowest BCUT2D eigenvalue weighted by molar-refractivity contribution is -0.167. The predicted octanol–water partition coefficient (Wildman–Crippen LogP) is 21.1. The number of carbonyl (C=O) groups is 3. The van der Waals surface area contributed by atoms with Gasteiger partial charge in [-0.3, -0.25) is 14.4 Å². The van der Waals surface area contributed by atoms with Crippen LogP contribution in [0.4, 0.5) is 0 Å². The van der Waals surface area contributed by atoms with E-state index in [2.05, 4.69) is 106 Å². The van der Waals surface area contributed by atoms with E-state index in [4.69, 9.17) is 14.2 Å². The molecule has 0 unspecified atom stereocenters. The van der Waals surface area contributed by atoms with Gasteiger partial charge in [-0.05, 0) is 116 Å². The minimum Gasteiger partial charge on any atom is -0.462 e. The van der Waals surface area contributed by atoms with Crippen LogP contribution in [0.2, 0.25) is 0 Å². The van der Waals surface area contributed by atoms with Crippen LogP contribution in [0.15, 0.2) is 85.1 Å². The fraction of sp³-hybridized carbons (Fsp3) is 0.746. The molecule has 420 valence electrons. The zero-order valence-corrected chi connectivity index (χ0v) is 48.1. The summed E-state index contributed by atoms with van der Waals surface area (Å²) >= 11 is 0. The highest BCUT2D eigenvalue weighted by Gasteiger charge is 2.19. The molecule has 6 heteroatoms. The third-order valence-corrected chi connectivity index (χ3v) is 13.4. The topological polar surface area (TPSA) is 78.9 Å². The first kappa shape index (κ1) is 69.6. The third-order valence-electron chi connectivity index (χ3n) is 13.4. The molecule has 0 radical (unpaired) electrons. The Morgan fingerprint density at radius 1 is 0.288 bits per heavy atom. The normalized spacial score (nSPS) is 12.6. The van der Waals surface area contributed by atoms with Crippen molar-refractivity contribution in [3.63, 3.8) is 0 Å². The van der Waals surface area contributed by atoms with E-state index in [0.29, 0.717) is 19.3 Å². The fourth-order valence-corrected chi connectivity index (χ4v) is 8.69. The number of carbonyl (C=O) groups excluding carboxylic acids is 3. The average Bonchev–Trinajstić information content (AvgIpc) is 3.39. The molecular weight excluding hydrogens is 901 g/mol. The molecule has 1 atom stereocenters. The van der Waals surface area contributed by atoms with Crippen LogP contribution in [0, 0.1) is 0 Å². The van der Waals surface area contributed by atoms with Crippen molar-refractivity contribution in [1.29, 1.82) is 0 Å². The monoisotopic (exact) mass is 1020 g/mol. The van der Waals surface area contributed by atoms with Crippen LogP contribution < -0.4 is 0 Å².